The summed E-state index contributed by atoms with van der Waals surface area (Å²) in [7, 11) is 0. The van der Waals surface area contributed by atoms with Crippen molar-refractivity contribution in [1.29, 1.82) is 0 Å². The van der Waals surface area contributed by atoms with Crippen LogP contribution in [0.1, 0.15) is 39.0 Å². The molecule has 1 aliphatic heterocycles. The normalized spacial score (nSPS) is 45.4. The van der Waals surface area contributed by atoms with Crippen molar-refractivity contribution >= 4 is 17.7 Å². The fraction of sp³-hybridized carbons (Fsp3) is 0.923. The highest BCUT2D eigenvalue weighted by atomic mass is 32.2. The van der Waals surface area contributed by atoms with Gasteiger partial charge in [0, 0.05) is 17.2 Å². The first-order valence-electron chi connectivity index (χ1n) is 6.58. The van der Waals surface area contributed by atoms with Crippen LogP contribution in [-0.4, -0.2) is 23.0 Å². The summed E-state index contributed by atoms with van der Waals surface area (Å²) in [5.41, 5.74) is 0. The second-order valence-electron chi connectivity index (χ2n) is 6.04. The molecular weight excluding hydrogens is 218 g/mol. The van der Waals surface area contributed by atoms with Crippen LogP contribution < -0.4 is 5.32 Å². The van der Waals surface area contributed by atoms with Crippen LogP contribution in [0.15, 0.2) is 0 Å². The van der Waals surface area contributed by atoms with Crippen molar-refractivity contribution < 1.29 is 4.79 Å². The molecule has 2 nitrogen and oxygen atoms in total. The minimum absolute atomic E-state index is 0.317. The summed E-state index contributed by atoms with van der Waals surface area (Å²) in [6.07, 6.45) is 6.30. The lowest BCUT2D eigenvalue weighted by Gasteiger charge is -2.24. The van der Waals surface area contributed by atoms with E-state index in [9.17, 15) is 4.79 Å². The summed E-state index contributed by atoms with van der Waals surface area (Å²) < 4.78 is 0.317. The summed E-state index contributed by atoms with van der Waals surface area (Å²) in [4.78, 5) is 12.0. The maximum Gasteiger partial charge on any atom is 0.223 e. The molecule has 3 atom stereocenters. The maximum atomic E-state index is 12.0. The molecular formula is C13H21NOS. The molecule has 90 valence electrons. The lowest BCUT2D eigenvalue weighted by Crippen LogP contribution is -2.39. The predicted octanol–water partition coefficient (Wildman–Crippen LogP) is 2.43. The van der Waals surface area contributed by atoms with Gasteiger partial charge in [0.15, 0.2) is 0 Å². The van der Waals surface area contributed by atoms with Gasteiger partial charge in [-0.25, -0.2) is 0 Å². The highest BCUT2D eigenvalue weighted by molar-refractivity contribution is 8.00. The largest absolute Gasteiger partial charge is 0.354 e. The molecule has 0 spiro atoms. The first-order valence-corrected chi connectivity index (χ1v) is 7.56. The zero-order chi connectivity index (χ0) is 11.2. The fourth-order valence-electron chi connectivity index (χ4n) is 3.32. The first kappa shape index (κ1) is 10.9. The van der Waals surface area contributed by atoms with Crippen LogP contribution in [-0.2, 0) is 4.79 Å². The average Bonchev–Trinajstić information content (AvgIpc) is 2.71. The molecule has 0 aromatic rings. The Hall–Kier alpha value is -0.180. The number of amides is 1. The molecule has 3 rings (SSSR count). The van der Waals surface area contributed by atoms with Crippen LogP contribution in [0.4, 0.5) is 0 Å². The van der Waals surface area contributed by atoms with Gasteiger partial charge in [0.25, 0.3) is 0 Å². The van der Waals surface area contributed by atoms with E-state index in [4.69, 9.17) is 0 Å². The number of carbonyl (C=O) groups is 1. The van der Waals surface area contributed by atoms with E-state index in [1.807, 2.05) is 11.8 Å². The molecule has 0 aromatic carbocycles. The van der Waals surface area contributed by atoms with Crippen LogP contribution in [0.3, 0.4) is 0 Å². The summed E-state index contributed by atoms with van der Waals surface area (Å²) in [6.45, 7) is 3.17. The second-order valence-corrected chi connectivity index (χ2v) is 7.73. The van der Waals surface area contributed by atoms with Gasteiger partial charge in [0.1, 0.15) is 0 Å². The van der Waals surface area contributed by atoms with Crippen molar-refractivity contribution in [2.24, 2.45) is 17.8 Å². The van der Waals surface area contributed by atoms with E-state index in [0.717, 1.165) is 18.4 Å². The van der Waals surface area contributed by atoms with E-state index < -0.39 is 0 Å². The van der Waals surface area contributed by atoms with Gasteiger partial charge in [-0.05, 0) is 56.6 Å². The Morgan fingerprint density at radius 3 is 2.75 bits per heavy atom. The quantitative estimate of drug-likeness (QED) is 0.819. The number of carbonyl (C=O) groups excluding carboxylic acids is 1. The molecule has 16 heavy (non-hydrogen) atoms. The molecule has 1 heterocycles. The molecule has 2 saturated carbocycles. The van der Waals surface area contributed by atoms with E-state index in [2.05, 4.69) is 12.2 Å². The van der Waals surface area contributed by atoms with Crippen LogP contribution in [0.2, 0.25) is 0 Å². The van der Waals surface area contributed by atoms with Gasteiger partial charge in [-0.1, -0.05) is 0 Å². The van der Waals surface area contributed by atoms with Gasteiger partial charge in [0.2, 0.25) is 5.91 Å². The van der Waals surface area contributed by atoms with E-state index in [1.54, 1.807) is 0 Å². The third kappa shape index (κ3) is 2.11. The average molecular weight is 239 g/mol. The monoisotopic (exact) mass is 239 g/mol. The summed E-state index contributed by atoms with van der Waals surface area (Å²) in [5.74, 6) is 3.76. The van der Waals surface area contributed by atoms with E-state index >= 15 is 0 Å². The molecule has 3 aliphatic rings. The molecule has 0 bridgehead atoms. The van der Waals surface area contributed by atoms with Crippen molar-refractivity contribution in [2.75, 3.05) is 12.3 Å². The summed E-state index contributed by atoms with van der Waals surface area (Å²) >= 11 is 2.02. The molecule has 0 radical (unpaired) electrons. The van der Waals surface area contributed by atoms with Gasteiger partial charge in [-0.3, -0.25) is 4.79 Å². The Labute approximate surface area is 102 Å². The smallest absolute Gasteiger partial charge is 0.223 e. The fourth-order valence-corrected chi connectivity index (χ4v) is 4.57. The minimum Gasteiger partial charge on any atom is -0.354 e. The lowest BCUT2D eigenvalue weighted by atomic mass is 10.0. The molecule has 3 unspecified atom stereocenters. The van der Waals surface area contributed by atoms with E-state index in [-0.39, 0.29) is 0 Å². The van der Waals surface area contributed by atoms with Crippen LogP contribution >= 0.6 is 11.8 Å². The van der Waals surface area contributed by atoms with Gasteiger partial charge >= 0.3 is 0 Å². The lowest BCUT2D eigenvalue weighted by molar-refractivity contribution is -0.125. The van der Waals surface area contributed by atoms with Crippen molar-refractivity contribution in [3.8, 4) is 0 Å². The molecule has 2 aliphatic carbocycles. The van der Waals surface area contributed by atoms with Crippen molar-refractivity contribution in [3.05, 3.63) is 0 Å². The predicted molar refractivity (Wildman–Crippen MR) is 67.4 cm³/mol. The number of rotatable bonds is 3. The van der Waals surface area contributed by atoms with Crippen molar-refractivity contribution in [2.45, 2.75) is 43.8 Å². The Bertz CT molecular complexity index is 288. The Morgan fingerprint density at radius 1 is 1.38 bits per heavy atom. The molecule has 1 amide bonds. The number of nitrogens with one attached hydrogen (secondary N) is 1. The molecule has 1 saturated heterocycles. The second kappa shape index (κ2) is 3.94. The molecule has 0 aromatic heterocycles. The third-order valence-corrected chi connectivity index (χ3v) is 6.09. The number of fused-ring (bicyclic) bond motifs is 1. The van der Waals surface area contributed by atoms with Gasteiger partial charge in [-0.2, -0.15) is 11.8 Å². The van der Waals surface area contributed by atoms with Gasteiger partial charge < -0.3 is 5.32 Å². The van der Waals surface area contributed by atoms with Gasteiger partial charge in [-0.15, -0.1) is 0 Å². The van der Waals surface area contributed by atoms with Crippen molar-refractivity contribution in [3.63, 3.8) is 0 Å². The standard InChI is InChI=1S/C13H21NOS/c1-13(3-2-4-16-13)8-14-12(15)11-6-9-5-10(9)7-11/h9-11H,2-8H2,1H3,(H,14,15). The zero-order valence-corrected chi connectivity index (χ0v) is 10.8. The number of hydrogen-bond donors (Lipinski definition) is 1. The highest BCUT2D eigenvalue weighted by Gasteiger charge is 2.48. The highest BCUT2D eigenvalue weighted by Crippen LogP contribution is 2.54. The number of thioether (sulfide) groups is 1. The first-order chi connectivity index (χ1) is 7.66. The Balaban J connectivity index is 1.46. The number of hydrogen-bond acceptors (Lipinski definition) is 2. The van der Waals surface area contributed by atoms with Crippen molar-refractivity contribution in [1.82, 2.24) is 5.32 Å². The minimum atomic E-state index is 0.317. The van der Waals surface area contributed by atoms with Gasteiger partial charge in [0.05, 0.1) is 0 Å². The summed E-state index contributed by atoms with van der Waals surface area (Å²) in [6, 6.07) is 0. The van der Waals surface area contributed by atoms with E-state index in [0.29, 0.717) is 16.6 Å². The molecule has 3 heteroatoms. The Morgan fingerprint density at radius 2 is 2.12 bits per heavy atom. The van der Waals surface area contributed by atoms with Crippen LogP contribution in [0, 0.1) is 17.8 Å². The van der Waals surface area contributed by atoms with E-state index in [1.165, 1.54) is 37.9 Å². The third-order valence-electron chi connectivity index (χ3n) is 4.55. The van der Waals surface area contributed by atoms with Crippen LogP contribution in [0.25, 0.3) is 0 Å². The maximum absolute atomic E-state index is 12.0. The topological polar surface area (TPSA) is 29.1 Å². The Kier molecular flexibility index (Phi) is 2.69. The summed E-state index contributed by atoms with van der Waals surface area (Å²) in [5, 5.41) is 3.19. The molecule has 3 fully saturated rings. The molecule has 1 N–H and O–H groups in total. The SMILES string of the molecule is CC1(CNC(=O)C2CC3CC3C2)CCCS1. The zero-order valence-electron chi connectivity index (χ0n) is 10.00. The van der Waals surface area contributed by atoms with Crippen LogP contribution in [0.5, 0.6) is 0 Å².